The number of H-pyrrole nitrogens is 1. The molecular formula is C24H23BN6OS. The number of hydrogen-bond donors (Lipinski definition) is 2. The normalized spacial score (nSPS) is 15.0. The van der Waals surface area contributed by atoms with Gasteiger partial charge in [-0.15, -0.1) is 0 Å². The number of anilines is 1. The lowest BCUT2D eigenvalue weighted by atomic mass is 9.94. The van der Waals surface area contributed by atoms with Crippen LogP contribution < -0.4 is 10.5 Å². The van der Waals surface area contributed by atoms with Crippen LogP contribution in [-0.2, 0) is 0 Å². The number of nitrogen functional groups attached to an aromatic ring is 1. The maximum atomic E-state index is 12.9. The molecule has 164 valence electrons. The highest BCUT2D eigenvalue weighted by Gasteiger charge is 2.29. The zero-order valence-corrected chi connectivity index (χ0v) is 19.1. The van der Waals surface area contributed by atoms with E-state index < -0.39 is 0 Å². The van der Waals surface area contributed by atoms with Crippen molar-refractivity contribution in [2.24, 2.45) is 0 Å². The molecule has 1 amide bonds. The standard InChI is InChI=1S/C24H23BN6OS/c25-21-16(7-12-33-21)24(32)30-9-5-14(6-10-30)23-29-19(20-22(26)27-8-11-31(20)23)18-13-15-3-1-2-4-17(15)28-18/h1-4,7-8,11-14,28H,5-6,9-10,25H2,(H2,26,27). The first kappa shape index (κ1) is 20.1. The number of fused-ring (bicyclic) bond motifs is 2. The summed E-state index contributed by atoms with van der Waals surface area (Å²) < 4.78 is 3.15. The predicted molar refractivity (Wildman–Crippen MR) is 135 cm³/mol. The molecule has 0 unspecified atom stereocenters. The molecule has 4 aromatic heterocycles. The number of aromatic nitrogens is 4. The molecule has 7 nitrogen and oxygen atoms in total. The van der Waals surface area contributed by atoms with E-state index in [-0.39, 0.29) is 11.8 Å². The van der Waals surface area contributed by atoms with Crippen molar-refractivity contribution in [2.45, 2.75) is 18.8 Å². The van der Waals surface area contributed by atoms with Crippen molar-refractivity contribution in [1.82, 2.24) is 24.3 Å². The van der Waals surface area contributed by atoms with Crippen molar-refractivity contribution in [3.05, 3.63) is 65.6 Å². The number of nitrogens with zero attached hydrogens (tertiary/aromatic N) is 4. The van der Waals surface area contributed by atoms with Crippen LogP contribution in [0.15, 0.2) is 54.2 Å². The van der Waals surface area contributed by atoms with Crippen molar-refractivity contribution in [3.63, 3.8) is 0 Å². The van der Waals surface area contributed by atoms with Gasteiger partial charge in [-0.2, -0.15) is 11.3 Å². The first-order chi connectivity index (χ1) is 16.1. The number of rotatable bonds is 3. The molecule has 5 heterocycles. The number of piperidine rings is 1. The number of carbonyl (C=O) groups excluding carboxylic acids is 1. The molecule has 5 aromatic rings. The van der Waals surface area contributed by atoms with E-state index >= 15 is 0 Å². The predicted octanol–water partition coefficient (Wildman–Crippen LogP) is 2.80. The monoisotopic (exact) mass is 454 g/mol. The summed E-state index contributed by atoms with van der Waals surface area (Å²) in [6.07, 6.45) is 5.39. The third-order valence-electron chi connectivity index (χ3n) is 6.63. The number of hydrogen-bond acceptors (Lipinski definition) is 5. The minimum atomic E-state index is 0.132. The van der Waals surface area contributed by atoms with Crippen LogP contribution in [0.5, 0.6) is 0 Å². The number of thiophene rings is 1. The number of aromatic amines is 1. The first-order valence-electron chi connectivity index (χ1n) is 11.1. The Morgan fingerprint density at radius 3 is 2.79 bits per heavy atom. The van der Waals surface area contributed by atoms with Gasteiger partial charge < -0.3 is 15.6 Å². The van der Waals surface area contributed by atoms with Crippen LogP contribution >= 0.6 is 11.3 Å². The number of nitrogens with two attached hydrogens (primary N) is 1. The Morgan fingerprint density at radius 2 is 2.03 bits per heavy atom. The Balaban J connectivity index is 1.34. The van der Waals surface area contributed by atoms with Gasteiger partial charge in [0.25, 0.3) is 5.91 Å². The zero-order chi connectivity index (χ0) is 22.5. The largest absolute Gasteiger partial charge is 0.382 e. The third-order valence-corrected chi connectivity index (χ3v) is 7.48. The van der Waals surface area contributed by atoms with Gasteiger partial charge in [-0.25, -0.2) is 9.97 Å². The van der Waals surface area contributed by atoms with Gasteiger partial charge in [0.2, 0.25) is 0 Å². The van der Waals surface area contributed by atoms with Gasteiger partial charge in [0.15, 0.2) is 7.85 Å². The molecule has 1 aliphatic heterocycles. The average Bonchev–Trinajstić information content (AvgIpc) is 3.55. The highest BCUT2D eigenvalue weighted by Crippen LogP contribution is 2.35. The second kappa shape index (κ2) is 7.77. The molecule has 0 spiro atoms. The molecule has 0 bridgehead atoms. The van der Waals surface area contributed by atoms with E-state index in [4.69, 9.17) is 10.7 Å². The summed E-state index contributed by atoms with van der Waals surface area (Å²) in [6, 6.07) is 12.2. The van der Waals surface area contributed by atoms with Gasteiger partial charge >= 0.3 is 0 Å². The highest BCUT2D eigenvalue weighted by molar-refractivity contribution is 7.18. The smallest absolute Gasteiger partial charge is 0.254 e. The number of carbonyl (C=O) groups is 1. The van der Waals surface area contributed by atoms with E-state index in [2.05, 4.69) is 32.6 Å². The lowest BCUT2D eigenvalue weighted by Gasteiger charge is -2.31. The number of benzene rings is 1. The minimum Gasteiger partial charge on any atom is -0.382 e. The van der Waals surface area contributed by atoms with E-state index in [1.54, 1.807) is 17.5 Å². The van der Waals surface area contributed by atoms with Gasteiger partial charge in [-0.3, -0.25) is 9.20 Å². The summed E-state index contributed by atoms with van der Waals surface area (Å²) in [7, 11) is 2.01. The summed E-state index contributed by atoms with van der Waals surface area (Å²) in [5.41, 5.74) is 10.8. The topological polar surface area (TPSA) is 92.3 Å². The minimum absolute atomic E-state index is 0.132. The molecule has 1 fully saturated rings. The fraction of sp³-hybridized carbons (Fsp3) is 0.208. The number of para-hydroxylation sites is 1. The highest BCUT2D eigenvalue weighted by atomic mass is 32.1. The van der Waals surface area contributed by atoms with Crippen LogP contribution in [0.4, 0.5) is 5.82 Å². The molecule has 0 aliphatic carbocycles. The molecule has 1 aromatic carbocycles. The van der Waals surface area contributed by atoms with Gasteiger partial charge in [-0.1, -0.05) is 18.2 Å². The number of amides is 1. The van der Waals surface area contributed by atoms with Crippen molar-refractivity contribution < 1.29 is 4.79 Å². The third kappa shape index (κ3) is 3.31. The van der Waals surface area contributed by atoms with E-state index in [1.807, 2.05) is 42.5 Å². The lowest BCUT2D eigenvalue weighted by Crippen LogP contribution is -2.39. The summed E-state index contributed by atoms with van der Waals surface area (Å²) in [5, 5.41) is 3.11. The van der Waals surface area contributed by atoms with Crippen LogP contribution in [0.1, 0.15) is 34.9 Å². The van der Waals surface area contributed by atoms with Crippen molar-refractivity contribution in [1.29, 1.82) is 0 Å². The number of imidazole rings is 1. The molecule has 6 rings (SSSR count). The molecule has 0 radical (unpaired) electrons. The molecule has 3 N–H and O–H groups in total. The SMILES string of the molecule is Bc1sccc1C(=O)N1CCC(c2nc(-c3cc4ccccc4[nH]3)c3c(N)nccn23)CC1. The molecule has 0 atom stereocenters. The Labute approximate surface area is 195 Å². The maximum Gasteiger partial charge on any atom is 0.254 e. The van der Waals surface area contributed by atoms with E-state index in [9.17, 15) is 4.79 Å². The molecule has 1 saturated heterocycles. The second-order valence-corrected chi connectivity index (χ2v) is 9.70. The van der Waals surface area contributed by atoms with Crippen LogP contribution in [0.3, 0.4) is 0 Å². The number of likely N-dealkylation sites (tertiary alicyclic amines) is 1. The first-order valence-corrected chi connectivity index (χ1v) is 12.0. The maximum absolute atomic E-state index is 12.9. The summed E-state index contributed by atoms with van der Waals surface area (Å²) in [4.78, 5) is 27.8. The molecule has 9 heteroatoms. The van der Waals surface area contributed by atoms with Crippen LogP contribution in [-0.4, -0.2) is 51.1 Å². The summed E-state index contributed by atoms with van der Waals surface area (Å²) in [6.45, 7) is 1.44. The van der Waals surface area contributed by atoms with Crippen molar-refractivity contribution in [2.75, 3.05) is 18.8 Å². The average molecular weight is 454 g/mol. The number of nitrogens with one attached hydrogen (secondary N) is 1. The van der Waals surface area contributed by atoms with Crippen molar-refractivity contribution in [3.8, 4) is 11.4 Å². The van der Waals surface area contributed by atoms with Crippen molar-refractivity contribution >= 4 is 52.1 Å². The fourth-order valence-electron chi connectivity index (χ4n) is 4.88. The molecule has 1 aliphatic rings. The summed E-state index contributed by atoms with van der Waals surface area (Å²) >= 11 is 1.62. The van der Waals surface area contributed by atoms with E-state index in [1.165, 1.54) is 0 Å². The zero-order valence-electron chi connectivity index (χ0n) is 18.3. The van der Waals surface area contributed by atoms with Gasteiger partial charge in [0.1, 0.15) is 22.9 Å². The Kier molecular flexibility index (Phi) is 4.72. The fourth-order valence-corrected chi connectivity index (χ4v) is 5.57. The van der Waals surface area contributed by atoms with Crippen LogP contribution in [0.2, 0.25) is 0 Å². The van der Waals surface area contributed by atoms with E-state index in [0.29, 0.717) is 5.82 Å². The van der Waals surface area contributed by atoms with Crippen LogP contribution in [0.25, 0.3) is 27.8 Å². The van der Waals surface area contributed by atoms with E-state index in [0.717, 1.165) is 69.9 Å². The quantitative estimate of drug-likeness (QED) is 0.410. The second-order valence-electron chi connectivity index (χ2n) is 8.58. The molecule has 0 saturated carbocycles. The molecular weight excluding hydrogens is 431 g/mol. The Hall–Kier alpha value is -3.59. The Morgan fingerprint density at radius 1 is 1.21 bits per heavy atom. The van der Waals surface area contributed by atoms with Gasteiger partial charge in [0, 0.05) is 47.9 Å². The van der Waals surface area contributed by atoms with Gasteiger partial charge in [0.05, 0.1) is 5.69 Å². The summed E-state index contributed by atoms with van der Waals surface area (Å²) in [5.74, 6) is 1.81. The Bertz CT molecular complexity index is 1460. The lowest BCUT2D eigenvalue weighted by molar-refractivity contribution is 0.0713. The van der Waals surface area contributed by atoms with Crippen LogP contribution in [0, 0.1) is 0 Å². The molecule has 33 heavy (non-hydrogen) atoms. The van der Waals surface area contributed by atoms with Gasteiger partial charge in [-0.05, 0) is 41.2 Å².